The van der Waals surface area contributed by atoms with Crippen molar-refractivity contribution in [2.75, 3.05) is 10.6 Å². The first kappa shape index (κ1) is 21.4. The highest BCUT2D eigenvalue weighted by Gasteiger charge is 2.22. The van der Waals surface area contributed by atoms with Crippen molar-refractivity contribution in [3.63, 3.8) is 0 Å². The Labute approximate surface area is 188 Å². The van der Waals surface area contributed by atoms with Crippen molar-refractivity contribution in [1.29, 1.82) is 0 Å². The molecule has 2 N–H and O–H groups in total. The average molecular weight is 447 g/mol. The van der Waals surface area contributed by atoms with E-state index in [-0.39, 0.29) is 23.4 Å². The van der Waals surface area contributed by atoms with Crippen molar-refractivity contribution in [2.45, 2.75) is 10.1 Å². The molecule has 0 aliphatic carbocycles. The molecule has 0 aliphatic rings. The molecule has 32 heavy (non-hydrogen) atoms. The van der Waals surface area contributed by atoms with Crippen LogP contribution in [-0.2, 0) is 4.79 Å². The lowest BCUT2D eigenvalue weighted by molar-refractivity contribution is -0.115. The Kier molecular flexibility index (Phi) is 6.67. The molecule has 1 aromatic heterocycles. The predicted molar refractivity (Wildman–Crippen MR) is 123 cm³/mol. The Morgan fingerprint density at radius 3 is 2.09 bits per heavy atom. The number of furan rings is 1. The fourth-order valence-electron chi connectivity index (χ4n) is 3.00. The third-order valence-corrected chi connectivity index (χ3v) is 5.83. The molecule has 0 bridgehead atoms. The molecular formula is C25H19FN2O3S. The molecule has 4 rings (SSSR count). The van der Waals surface area contributed by atoms with Crippen LogP contribution in [-0.4, -0.2) is 11.8 Å². The van der Waals surface area contributed by atoms with E-state index >= 15 is 0 Å². The van der Waals surface area contributed by atoms with Gasteiger partial charge in [-0.3, -0.25) is 9.59 Å². The minimum Gasteiger partial charge on any atom is -0.459 e. The number of hydrogen-bond donors (Lipinski definition) is 2. The number of halogens is 1. The van der Waals surface area contributed by atoms with Gasteiger partial charge in [0.25, 0.3) is 5.91 Å². The number of anilines is 2. The van der Waals surface area contributed by atoms with E-state index in [0.29, 0.717) is 11.4 Å². The fourth-order valence-corrected chi connectivity index (χ4v) is 4.02. The number of carbonyl (C=O) groups excluding carboxylic acids is 2. The van der Waals surface area contributed by atoms with Crippen LogP contribution < -0.4 is 10.6 Å². The molecule has 5 nitrogen and oxygen atoms in total. The number of amides is 2. The molecule has 4 aromatic rings. The van der Waals surface area contributed by atoms with Crippen LogP contribution in [0.4, 0.5) is 15.8 Å². The Morgan fingerprint density at radius 2 is 1.44 bits per heavy atom. The van der Waals surface area contributed by atoms with Crippen molar-refractivity contribution >= 4 is 35.0 Å². The maximum Gasteiger partial charge on any atom is 0.291 e. The van der Waals surface area contributed by atoms with E-state index in [0.717, 1.165) is 10.5 Å². The van der Waals surface area contributed by atoms with Crippen LogP contribution in [0, 0.1) is 5.82 Å². The van der Waals surface area contributed by atoms with Crippen LogP contribution in [0.1, 0.15) is 21.4 Å². The van der Waals surface area contributed by atoms with Gasteiger partial charge < -0.3 is 15.1 Å². The quantitative estimate of drug-likeness (QED) is 0.334. The van der Waals surface area contributed by atoms with Crippen LogP contribution in [0.3, 0.4) is 0 Å². The molecular weight excluding hydrogens is 427 g/mol. The zero-order valence-electron chi connectivity index (χ0n) is 16.8. The molecule has 2 amide bonds. The van der Waals surface area contributed by atoms with Gasteiger partial charge in [-0.05, 0) is 66.2 Å². The summed E-state index contributed by atoms with van der Waals surface area (Å²) in [5.41, 5.74) is 1.98. The second-order valence-electron chi connectivity index (χ2n) is 6.86. The molecule has 7 heteroatoms. The molecule has 0 saturated heterocycles. The zero-order valence-corrected chi connectivity index (χ0v) is 17.6. The second kappa shape index (κ2) is 9.98. The lowest BCUT2D eigenvalue weighted by Crippen LogP contribution is -2.19. The van der Waals surface area contributed by atoms with Gasteiger partial charge in [0.15, 0.2) is 5.76 Å². The predicted octanol–water partition coefficient (Wildman–Crippen LogP) is 6.14. The number of thioether (sulfide) groups is 1. The van der Waals surface area contributed by atoms with Crippen LogP contribution >= 0.6 is 11.8 Å². The molecule has 0 fully saturated rings. The average Bonchev–Trinajstić information content (AvgIpc) is 3.36. The van der Waals surface area contributed by atoms with Crippen molar-refractivity contribution < 1.29 is 18.4 Å². The van der Waals surface area contributed by atoms with Crippen LogP contribution in [0.15, 0.2) is 107 Å². The molecule has 0 saturated carbocycles. The zero-order chi connectivity index (χ0) is 22.3. The minimum atomic E-state index is -0.523. The van der Waals surface area contributed by atoms with E-state index in [1.165, 1.54) is 42.3 Å². The maximum absolute atomic E-state index is 13.2. The van der Waals surface area contributed by atoms with E-state index in [4.69, 9.17) is 4.42 Å². The molecule has 0 aliphatic heterocycles. The first-order valence-electron chi connectivity index (χ1n) is 9.81. The molecule has 160 valence electrons. The first-order valence-corrected chi connectivity index (χ1v) is 10.7. The lowest BCUT2D eigenvalue weighted by Gasteiger charge is -2.17. The normalized spacial score (nSPS) is 11.5. The highest BCUT2D eigenvalue weighted by molar-refractivity contribution is 8.00. The topological polar surface area (TPSA) is 71.3 Å². The summed E-state index contributed by atoms with van der Waals surface area (Å²) >= 11 is 1.38. The number of rotatable bonds is 7. The number of nitrogens with one attached hydrogen (secondary N) is 2. The lowest BCUT2D eigenvalue weighted by atomic mass is 10.1. The van der Waals surface area contributed by atoms with Gasteiger partial charge in [-0.2, -0.15) is 0 Å². The standard InChI is InChI=1S/C25H19FN2O3S/c26-18-8-10-19(11-9-18)28-25(30)23(17-5-2-1-3-6-17)32-21-14-12-20(13-15-21)27-24(29)22-7-4-16-31-22/h1-16,23H,(H,27,29)(H,28,30). The molecule has 1 heterocycles. The van der Waals surface area contributed by atoms with Crippen LogP contribution in [0.5, 0.6) is 0 Å². The third-order valence-electron chi connectivity index (χ3n) is 4.56. The third kappa shape index (κ3) is 5.44. The first-order chi connectivity index (χ1) is 15.6. The van der Waals surface area contributed by atoms with Crippen molar-refractivity contribution in [2.24, 2.45) is 0 Å². The van der Waals surface area contributed by atoms with Gasteiger partial charge >= 0.3 is 0 Å². The SMILES string of the molecule is O=C(Nc1ccc(SC(C(=O)Nc2ccc(F)cc2)c2ccccc2)cc1)c1ccco1. The van der Waals surface area contributed by atoms with Gasteiger partial charge in [0, 0.05) is 16.3 Å². The minimum absolute atomic E-state index is 0.219. The van der Waals surface area contributed by atoms with E-state index in [1.54, 1.807) is 24.3 Å². The van der Waals surface area contributed by atoms with Gasteiger partial charge in [-0.25, -0.2) is 4.39 Å². The largest absolute Gasteiger partial charge is 0.459 e. The summed E-state index contributed by atoms with van der Waals surface area (Å²) in [5.74, 6) is -0.694. The van der Waals surface area contributed by atoms with E-state index in [9.17, 15) is 14.0 Å². The van der Waals surface area contributed by atoms with E-state index < -0.39 is 5.25 Å². The Hall–Kier alpha value is -3.84. The second-order valence-corrected chi connectivity index (χ2v) is 8.04. The smallest absolute Gasteiger partial charge is 0.291 e. The van der Waals surface area contributed by atoms with E-state index in [1.807, 2.05) is 42.5 Å². The number of carbonyl (C=O) groups is 2. The van der Waals surface area contributed by atoms with Gasteiger partial charge in [0.05, 0.1) is 6.26 Å². The molecule has 0 spiro atoms. The molecule has 1 atom stereocenters. The Bertz CT molecular complexity index is 1180. The Balaban J connectivity index is 1.49. The van der Waals surface area contributed by atoms with Crippen LogP contribution in [0.2, 0.25) is 0 Å². The molecule has 3 aromatic carbocycles. The monoisotopic (exact) mass is 446 g/mol. The summed E-state index contributed by atoms with van der Waals surface area (Å²) < 4.78 is 18.3. The summed E-state index contributed by atoms with van der Waals surface area (Å²) in [6.07, 6.45) is 1.44. The van der Waals surface area contributed by atoms with Crippen molar-refractivity contribution in [1.82, 2.24) is 0 Å². The van der Waals surface area contributed by atoms with Gasteiger partial charge in [-0.15, -0.1) is 11.8 Å². The van der Waals surface area contributed by atoms with Crippen molar-refractivity contribution in [3.05, 3.63) is 114 Å². The van der Waals surface area contributed by atoms with E-state index in [2.05, 4.69) is 10.6 Å². The Morgan fingerprint density at radius 1 is 0.781 bits per heavy atom. The highest BCUT2D eigenvalue weighted by Crippen LogP contribution is 2.36. The summed E-state index contributed by atoms with van der Waals surface area (Å²) in [7, 11) is 0. The number of hydrogen-bond acceptors (Lipinski definition) is 4. The summed E-state index contributed by atoms with van der Waals surface area (Å²) in [6.45, 7) is 0. The molecule has 1 unspecified atom stereocenters. The summed E-state index contributed by atoms with van der Waals surface area (Å²) in [4.78, 5) is 26.0. The maximum atomic E-state index is 13.2. The number of benzene rings is 3. The summed E-state index contributed by atoms with van der Waals surface area (Å²) in [5, 5.41) is 5.09. The van der Waals surface area contributed by atoms with Crippen molar-refractivity contribution in [3.8, 4) is 0 Å². The fraction of sp³-hybridized carbons (Fsp3) is 0.0400. The summed E-state index contributed by atoms with van der Waals surface area (Å²) in [6, 6.07) is 25.5. The van der Waals surface area contributed by atoms with Gasteiger partial charge in [-0.1, -0.05) is 30.3 Å². The highest BCUT2D eigenvalue weighted by atomic mass is 32.2. The van der Waals surface area contributed by atoms with Gasteiger partial charge in [0.2, 0.25) is 5.91 Å². The molecule has 0 radical (unpaired) electrons. The van der Waals surface area contributed by atoms with Crippen LogP contribution in [0.25, 0.3) is 0 Å². The van der Waals surface area contributed by atoms with Gasteiger partial charge in [0.1, 0.15) is 11.1 Å².